The van der Waals surface area contributed by atoms with Crippen LogP contribution in [0.1, 0.15) is 15.9 Å². The number of benzene rings is 2. The van der Waals surface area contributed by atoms with Crippen LogP contribution in [0.15, 0.2) is 48.8 Å². The Bertz CT molecular complexity index is 794. The van der Waals surface area contributed by atoms with Crippen molar-refractivity contribution in [1.29, 1.82) is 0 Å². The lowest BCUT2D eigenvalue weighted by Gasteiger charge is -2.06. The van der Waals surface area contributed by atoms with Gasteiger partial charge in [-0.05, 0) is 36.2 Å². The topological polar surface area (TPSA) is 55.1 Å². The summed E-state index contributed by atoms with van der Waals surface area (Å²) in [6.45, 7) is 0.590. The van der Waals surface area contributed by atoms with Gasteiger partial charge in [-0.15, -0.1) is 0 Å². The third-order valence-electron chi connectivity index (χ3n) is 3.42. The zero-order valence-corrected chi connectivity index (χ0v) is 11.2. The van der Waals surface area contributed by atoms with Gasteiger partial charge in [0.05, 0.1) is 22.9 Å². The van der Waals surface area contributed by atoms with Crippen molar-refractivity contribution in [1.82, 2.24) is 9.55 Å². The number of hydrogen-bond donors (Lipinski definition) is 1. The van der Waals surface area contributed by atoms with Gasteiger partial charge in [0.25, 0.3) is 0 Å². The number of para-hydroxylation sites is 1. The fourth-order valence-corrected chi connectivity index (χ4v) is 2.37. The van der Waals surface area contributed by atoms with Crippen molar-refractivity contribution in [2.45, 2.75) is 13.0 Å². The summed E-state index contributed by atoms with van der Waals surface area (Å²) in [5.74, 6) is -1.23. The van der Waals surface area contributed by atoms with Crippen molar-refractivity contribution in [3.8, 4) is 0 Å². The Kier molecular flexibility index (Phi) is 3.39. The van der Waals surface area contributed by atoms with E-state index in [1.807, 2.05) is 4.57 Å². The number of aryl methyl sites for hydroxylation is 2. The molecule has 2 aromatic carbocycles. The van der Waals surface area contributed by atoms with E-state index in [1.54, 1.807) is 36.7 Å². The fourth-order valence-electron chi connectivity index (χ4n) is 2.37. The molecule has 0 bridgehead atoms. The summed E-state index contributed by atoms with van der Waals surface area (Å²) in [6, 6.07) is 11.3. The number of carboxylic acid groups (broad SMARTS) is 1. The highest BCUT2D eigenvalue weighted by Crippen LogP contribution is 2.18. The van der Waals surface area contributed by atoms with Crippen LogP contribution in [0.25, 0.3) is 11.0 Å². The van der Waals surface area contributed by atoms with Gasteiger partial charge in [-0.1, -0.05) is 18.2 Å². The van der Waals surface area contributed by atoms with Gasteiger partial charge >= 0.3 is 5.97 Å². The van der Waals surface area contributed by atoms with Gasteiger partial charge < -0.3 is 9.67 Å². The predicted octanol–water partition coefficient (Wildman–Crippen LogP) is 3.12. The second-order valence-corrected chi connectivity index (χ2v) is 4.79. The normalized spacial score (nSPS) is 10.9. The van der Waals surface area contributed by atoms with Crippen molar-refractivity contribution in [2.75, 3.05) is 0 Å². The average Bonchev–Trinajstić information content (AvgIpc) is 2.90. The predicted molar refractivity (Wildman–Crippen MR) is 76.8 cm³/mol. The SMILES string of the molecule is O=C(O)c1cccc2ncn(CCc3ccc(F)cc3)c12. The van der Waals surface area contributed by atoms with Crippen LogP contribution in [0.4, 0.5) is 4.39 Å². The number of aromatic carboxylic acids is 1. The molecule has 0 saturated heterocycles. The molecule has 1 heterocycles. The molecule has 1 N–H and O–H groups in total. The van der Waals surface area contributed by atoms with Gasteiger partial charge in [-0.2, -0.15) is 0 Å². The lowest BCUT2D eigenvalue weighted by atomic mass is 10.1. The summed E-state index contributed by atoms with van der Waals surface area (Å²) in [5.41, 5.74) is 2.51. The Morgan fingerprint density at radius 1 is 1.19 bits per heavy atom. The third kappa shape index (κ3) is 2.63. The van der Waals surface area contributed by atoms with E-state index in [-0.39, 0.29) is 11.4 Å². The number of nitrogens with zero attached hydrogens (tertiary/aromatic N) is 2. The van der Waals surface area contributed by atoms with Crippen LogP contribution in [-0.4, -0.2) is 20.6 Å². The summed E-state index contributed by atoms with van der Waals surface area (Å²) in [7, 11) is 0. The van der Waals surface area contributed by atoms with Crippen molar-refractivity contribution >= 4 is 17.0 Å². The largest absolute Gasteiger partial charge is 0.478 e. The molecule has 0 atom stereocenters. The third-order valence-corrected chi connectivity index (χ3v) is 3.42. The summed E-state index contributed by atoms with van der Waals surface area (Å²) < 4.78 is 14.7. The number of carbonyl (C=O) groups is 1. The number of rotatable bonds is 4. The van der Waals surface area contributed by atoms with Crippen LogP contribution in [-0.2, 0) is 13.0 Å². The molecule has 0 aliphatic carbocycles. The van der Waals surface area contributed by atoms with Crippen molar-refractivity contribution in [2.24, 2.45) is 0 Å². The Balaban J connectivity index is 1.90. The minimum absolute atomic E-state index is 0.240. The molecular formula is C16H13FN2O2. The first-order chi connectivity index (χ1) is 10.1. The molecule has 0 saturated carbocycles. The van der Waals surface area contributed by atoms with Gasteiger partial charge in [0.2, 0.25) is 0 Å². The molecule has 21 heavy (non-hydrogen) atoms. The van der Waals surface area contributed by atoms with Gasteiger partial charge in [-0.3, -0.25) is 0 Å². The molecule has 3 rings (SSSR count). The van der Waals surface area contributed by atoms with Crippen molar-refractivity contribution in [3.63, 3.8) is 0 Å². The standard InChI is InChI=1S/C16H13FN2O2/c17-12-6-4-11(5-7-12)8-9-19-10-18-14-3-1-2-13(15(14)19)16(20)21/h1-7,10H,8-9H2,(H,20,21). The Hall–Kier alpha value is -2.69. The van der Waals surface area contributed by atoms with Gasteiger partial charge in [-0.25, -0.2) is 14.2 Å². The molecule has 0 unspecified atom stereocenters. The molecule has 3 aromatic rings. The summed E-state index contributed by atoms with van der Waals surface area (Å²) in [4.78, 5) is 15.5. The minimum atomic E-state index is -0.968. The summed E-state index contributed by atoms with van der Waals surface area (Å²) in [6.07, 6.45) is 2.32. The highest BCUT2D eigenvalue weighted by molar-refractivity contribution is 6.01. The second kappa shape index (κ2) is 5.36. The molecule has 0 spiro atoms. The summed E-state index contributed by atoms with van der Waals surface area (Å²) in [5, 5.41) is 9.26. The van der Waals surface area contributed by atoms with Crippen LogP contribution in [0.5, 0.6) is 0 Å². The zero-order valence-electron chi connectivity index (χ0n) is 11.2. The lowest BCUT2D eigenvalue weighted by molar-refractivity contribution is 0.0698. The maximum absolute atomic E-state index is 12.9. The van der Waals surface area contributed by atoms with E-state index >= 15 is 0 Å². The molecule has 106 valence electrons. The second-order valence-electron chi connectivity index (χ2n) is 4.79. The van der Waals surface area contributed by atoms with Crippen LogP contribution in [0, 0.1) is 5.82 Å². The Morgan fingerprint density at radius 3 is 2.67 bits per heavy atom. The number of carboxylic acids is 1. The highest BCUT2D eigenvalue weighted by atomic mass is 19.1. The van der Waals surface area contributed by atoms with E-state index in [0.29, 0.717) is 24.0 Å². The monoisotopic (exact) mass is 284 g/mol. The Morgan fingerprint density at radius 2 is 1.95 bits per heavy atom. The molecule has 5 heteroatoms. The first-order valence-electron chi connectivity index (χ1n) is 6.57. The van der Waals surface area contributed by atoms with Crippen molar-refractivity contribution < 1.29 is 14.3 Å². The maximum atomic E-state index is 12.9. The number of imidazole rings is 1. The van der Waals surface area contributed by atoms with E-state index in [4.69, 9.17) is 0 Å². The fraction of sp³-hybridized carbons (Fsp3) is 0.125. The molecule has 0 fully saturated rings. The lowest BCUT2D eigenvalue weighted by Crippen LogP contribution is -2.05. The molecule has 0 aliphatic heterocycles. The van der Waals surface area contributed by atoms with Crippen molar-refractivity contribution in [3.05, 3.63) is 65.7 Å². The molecule has 0 amide bonds. The Labute approximate surface area is 120 Å². The first-order valence-corrected chi connectivity index (χ1v) is 6.57. The minimum Gasteiger partial charge on any atom is -0.478 e. The molecule has 0 aliphatic rings. The number of hydrogen-bond acceptors (Lipinski definition) is 2. The van der Waals surface area contributed by atoms with Crippen LogP contribution in [0.3, 0.4) is 0 Å². The van der Waals surface area contributed by atoms with Crippen LogP contribution < -0.4 is 0 Å². The summed E-state index contributed by atoms with van der Waals surface area (Å²) >= 11 is 0. The van der Waals surface area contributed by atoms with Crippen LogP contribution in [0.2, 0.25) is 0 Å². The quantitative estimate of drug-likeness (QED) is 0.801. The molecule has 4 nitrogen and oxygen atoms in total. The van der Waals surface area contributed by atoms with E-state index in [1.165, 1.54) is 12.1 Å². The smallest absolute Gasteiger partial charge is 0.337 e. The van der Waals surface area contributed by atoms with Gasteiger partial charge in [0, 0.05) is 6.54 Å². The molecular weight excluding hydrogens is 271 g/mol. The highest BCUT2D eigenvalue weighted by Gasteiger charge is 2.13. The van der Waals surface area contributed by atoms with Gasteiger partial charge in [0.15, 0.2) is 0 Å². The van der Waals surface area contributed by atoms with Crippen LogP contribution >= 0.6 is 0 Å². The molecule has 0 radical (unpaired) electrons. The van der Waals surface area contributed by atoms with E-state index in [0.717, 1.165) is 5.56 Å². The zero-order chi connectivity index (χ0) is 14.8. The number of aromatic nitrogens is 2. The van der Waals surface area contributed by atoms with E-state index < -0.39 is 5.97 Å². The maximum Gasteiger partial charge on any atom is 0.337 e. The first kappa shape index (κ1) is 13.3. The average molecular weight is 284 g/mol. The van der Waals surface area contributed by atoms with Gasteiger partial charge in [0.1, 0.15) is 5.82 Å². The number of halogens is 1. The molecule has 1 aromatic heterocycles. The van der Waals surface area contributed by atoms with E-state index in [9.17, 15) is 14.3 Å². The van der Waals surface area contributed by atoms with E-state index in [2.05, 4.69) is 4.98 Å². The number of fused-ring (bicyclic) bond motifs is 1.